The van der Waals surface area contributed by atoms with Gasteiger partial charge in [0.2, 0.25) is 11.8 Å². The second kappa shape index (κ2) is 8.83. The van der Waals surface area contributed by atoms with Crippen molar-refractivity contribution >= 4 is 40.7 Å². The number of nitrogens with one attached hydrogen (secondary N) is 1. The molecule has 2 aromatic rings. The lowest BCUT2D eigenvalue weighted by atomic mass is 10.1. The van der Waals surface area contributed by atoms with Crippen LogP contribution in [0.25, 0.3) is 0 Å². The van der Waals surface area contributed by atoms with Gasteiger partial charge in [0.25, 0.3) is 0 Å². The van der Waals surface area contributed by atoms with Gasteiger partial charge in [0, 0.05) is 29.2 Å². The molecule has 0 atom stereocenters. The maximum absolute atomic E-state index is 13.1. The minimum absolute atomic E-state index is 0.128. The van der Waals surface area contributed by atoms with Crippen molar-refractivity contribution in [3.8, 4) is 0 Å². The van der Waals surface area contributed by atoms with Gasteiger partial charge in [0.15, 0.2) is 0 Å². The van der Waals surface area contributed by atoms with Crippen molar-refractivity contribution in [2.45, 2.75) is 13.3 Å². The van der Waals surface area contributed by atoms with Crippen LogP contribution >= 0.6 is 23.2 Å². The van der Waals surface area contributed by atoms with Crippen molar-refractivity contribution in [1.29, 1.82) is 0 Å². The molecule has 132 valence electrons. The number of amides is 2. The number of halogens is 3. The van der Waals surface area contributed by atoms with E-state index in [4.69, 9.17) is 23.2 Å². The second-order valence-electron chi connectivity index (χ2n) is 5.48. The Morgan fingerprint density at radius 2 is 1.92 bits per heavy atom. The molecular formula is C18H17Cl2FN2O2. The number of nitrogens with zero attached hydrogens (tertiary/aromatic N) is 1. The SMILES string of the molecule is CC(=O)N(CCc1ccc(Cl)cc1Cl)CC(=O)Nc1cccc(F)c1. The molecule has 25 heavy (non-hydrogen) atoms. The smallest absolute Gasteiger partial charge is 0.243 e. The first-order valence-corrected chi connectivity index (χ1v) is 8.35. The number of carbonyl (C=O) groups excluding carboxylic acids is 2. The standard InChI is InChI=1S/C18H17Cl2FN2O2/c1-12(24)23(8-7-13-5-6-14(19)9-17(13)20)11-18(25)22-16-4-2-3-15(21)10-16/h2-6,9-10H,7-8,11H2,1H3,(H,22,25). The molecule has 0 saturated carbocycles. The molecule has 2 amide bonds. The van der Waals surface area contributed by atoms with Crippen molar-refractivity contribution in [2.24, 2.45) is 0 Å². The first-order valence-electron chi connectivity index (χ1n) is 7.60. The molecule has 2 aromatic carbocycles. The van der Waals surface area contributed by atoms with Crippen LogP contribution in [0, 0.1) is 5.82 Å². The zero-order chi connectivity index (χ0) is 18.4. The molecular weight excluding hydrogens is 366 g/mol. The number of hydrogen-bond acceptors (Lipinski definition) is 2. The molecule has 1 N–H and O–H groups in total. The summed E-state index contributed by atoms with van der Waals surface area (Å²) >= 11 is 12.0. The summed E-state index contributed by atoms with van der Waals surface area (Å²) in [5.74, 6) is -1.08. The maximum Gasteiger partial charge on any atom is 0.243 e. The highest BCUT2D eigenvalue weighted by atomic mass is 35.5. The molecule has 0 radical (unpaired) electrons. The minimum Gasteiger partial charge on any atom is -0.333 e. The highest BCUT2D eigenvalue weighted by Crippen LogP contribution is 2.21. The van der Waals surface area contributed by atoms with Gasteiger partial charge in [-0.1, -0.05) is 35.3 Å². The third kappa shape index (κ3) is 6.03. The molecule has 4 nitrogen and oxygen atoms in total. The van der Waals surface area contributed by atoms with E-state index in [1.165, 1.54) is 30.0 Å². The number of hydrogen-bond donors (Lipinski definition) is 1. The first kappa shape index (κ1) is 19.2. The van der Waals surface area contributed by atoms with Crippen LogP contribution < -0.4 is 5.32 Å². The summed E-state index contributed by atoms with van der Waals surface area (Å²) in [5.41, 5.74) is 1.18. The zero-order valence-corrected chi connectivity index (χ0v) is 15.1. The van der Waals surface area contributed by atoms with Crippen LogP contribution in [-0.4, -0.2) is 29.8 Å². The number of rotatable bonds is 6. The van der Waals surface area contributed by atoms with E-state index in [2.05, 4.69) is 5.32 Å². The summed E-state index contributed by atoms with van der Waals surface area (Å²) in [7, 11) is 0. The van der Waals surface area contributed by atoms with Crippen LogP contribution in [0.15, 0.2) is 42.5 Å². The highest BCUT2D eigenvalue weighted by molar-refractivity contribution is 6.35. The normalized spacial score (nSPS) is 10.4. The van der Waals surface area contributed by atoms with Crippen molar-refractivity contribution < 1.29 is 14.0 Å². The van der Waals surface area contributed by atoms with E-state index < -0.39 is 11.7 Å². The van der Waals surface area contributed by atoms with Crippen LogP contribution in [0.2, 0.25) is 10.0 Å². The third-order valence-corrected chi connectivity index (χ3v) is 4.14. The van der Waals surface area contributed by atoms with Crippen LogP contribution in [0.5, 0.6) is 0 Å². The van der Waals surface area contributed by atoms with Gasteiger partial charge in [0.1, 0.15) is 5.82 Å². The predicted molar refractivity (Wildman–Crippen MR) is 97.4 cm³/mol. The average Bonchev–Trinajstić information content (AvgIpc) is 2.52. The monoisotopic (exact) mass is 382 g/mol. The lowest BCUT2D eigenvalue weighted by molar-refractivity contribution is -0.132. The van der Waals surface area contributed by atoms with Crippen LogP contribution in [0.1, 0.15) is 12.5 Å². The Morgan fingerprint density at radius 3 is 2.56 bits per heavy atom. The van der Waals surface area contributed by atoms with E-state index >= 15 is 0 Å². The Hall–Kier alpha value is -2.11. The van der Waals surface area contributed by atoms with Gasteiger partial charge in [-0.15, -0.1) is 0 Å². The molecule has 7 heteroatoms. The zero-order valence-electron chi connectivity index (χ0n) is 13.6. The van der Waals surface area contributed by atoms with Gasteiger partial charge in [0.05, 0.1) is 6.54 Å². The molecule has 0 aliphatic heterocycles. The van der Waals surface area contributed by atoms with Gasteiger partial charge >= 0.3 is 0 Å². The van der Waals surface area contributed by atoms with Gasteiger partial charge in [-0.05, 0) is 42.3 Å². The van der Waals surface area contributed by atoms with Crippen molar-refractivity contribution in [2.75, 3.05) is 18.4 Å². The molecule has 2 rings (SSSR count). The van der Waals surface area contributed by atoms with E-state index in [-0.39, 0.29) is 12.5 Å². The van der Waals surface area contributed by atoms with Gasteiger partial charge in [-0.25, -0.2) is 4.39 Å². The Labute approximate surface area is 155 Å². The summed E-state index contributed by atoms with van der Waals surface area (Å²) in [6.45, 7) is 1.59. The van der Waals surface area contributed by atoms with Gasteiger partial charge in [-0.3, -0.25) is 9.59 Å². The van der Waals surface area contributed by atoms with E-state index in [0.717, 1.165) is 5.56 Å². The van der Waals surface area contributed by atoms with Gasteiger partial charge in [-0.2, -0.15) is 0 Å². The average molecular weight is 383 g/mol. The van der Waals surface area contributed by atoms with Crippen molar-refractivity contribution in [1.82, 2.24) is 4.90 Å². The molecule has 0 unspecified atom stereocenters. The second-order valence-corrected chi connectivity index (χ2v) is 6.33. The van der Waals surface area contributed by atoms with Gasteiger partial charge < -0.3 is 10.2 Å². The van der Waals surface area contributed by atoms with Crippen molar-refractivity contribution in [3.63, 3.8) is 0 Å². The molecule has 0 saturated heterocycles. The lowest BCUT2D eigenvalue weighted by Crippen LogP contribution is -2.38. The lowest BCUT2D eigenvalue weighted by Gasteiger charge is -2.21. The van der Waals surface area contributed by atoms with E-state index in [9.17, 15) is 14.0 Å². The molecule has 0 aliphatic carbocycles. The Morgan fingerprint density at radius 1 is 1.16 bits per heavy atom. The molecule has 0 aliphatic rings. The topological polar surface area (TPSA) is 49.4 Å². The Kier molecular flexibility index (Phi) is 6.79. The van der Waals surface area contributed by atoms with E-state index in [0.29, 0.717) is 28.7 Å². The van der Waals surface area contributed by atoms with Crippen molar-refractivity contribution in [3.05, 3.63) is 63.9 Å². The summed E-state index contributed by atoms with van der Waals surface area (Å²) in [6.07, 6.45) is 0.489. The molecule has 0 heterocycles. The fourth-order valence-corrected chi connectivity index (χ4v) is 2.77. The fraction of sp³-hybridized carbons (Fsp3) is 0.222. The fourth-order valence-electron chi connectivity index (χ4n) is 2.27. The Bertz CT molecular complexity index is 783. The summed E-state index contributed by atoms with van der Waals surface area (Å²) in [4.78, 5) is 25.3. The summed E-state index contributed by atoms with van der Waals surface area (Å²) in [5, 5.41) is 3.62. The van der Waals surface area contributed by atoms with E-state index in [1.54, 1.807) is 24.3 Å². The predicted octanol–water partition coefficient (Wildman–Crippen LogP) is 4.16. The molecule has 0 spiro atoms. The highest BCUT2D eigenvalue weighted by Gasteiger charge is 2.15. The number of carbonyl (C=O) groups is 2. The largest absolute Gasteiger partial charge is 0.333 e. The minimum atomic E-state index is -0.446. The van der Waals surface area contributed by atoms with Crippen LogP contribution in [-0.2, 0) is 16.0 Å². The Balaban J connectivity index is 1.96. The van der Waals surface area contributed by atoms with E-state index in [1.807, 2.05) is 0 Å². The summed E-state index contributed by atoms with van der Waals surface area (Å²) in [6, 6.07) is 10.7. The van der Waals surface area contributed by atoms with Crippen LogP contribution in [0.4, 0.5) is 10.1 Å². The van der Waals surface area contributed by atoms with Crippen LogP contribution in [0.3, 0.4) is 0 Å². The molecule has 0 aromatic heterocycles. The maximum atomic E-state index is 13.1. The quantitative estimate of drug-likeness (QED) is 0.814. The molecule has 0 bridgehead atoms. The first-order chi connectivity index (χ1) is 11.8. The number of anilines is 1. The number of benzene rings is 2. The summed E-state index contributed by atoms with van der Waals surface area (Å²) < 4.78 is 13.1. The molecule has 0 fully saturated rings. The third-order valence-electron chi connectivity index (χ3n) is 3.55.